The van der Waals surface area contributed by atoms with E-state index < -0.39 is 0 Å². The number of furan rings is 1. The van der Waals surface area contributed by atoms with Crippen molar-refractivity contribution in [1.82, 2.24) is 0 Å². The number of hydrogen-bond donors (Lipinski definition) is 0. The Labute approximate surface area is 98.4 Å². The lowest BCUT2D eigenvalue weighted by Gasteiger charge is -2.19. The minimum atomic E-state index is 0.399. The Balaban J connectivity index is 1.80. The molecule has 2 rings (SSSR count). The van der Waals surface area contributed by atoms with Gasteiger partial charge in [0.05, 0.1) is 5.75 Å². The molecular weight excluding hydrogens is 232 g/mol. The first-order valence-corrected chi connectivity index (χ1v) is 6.54. The molecule has 0 aromatic carbocycles. The van der Waals surface area contributed by atoms with Gasteiger partial charge in [-0.15, -0.1) is 0 Å². The zero-order valence-electron chi connectivity index (χ0n) is 8.37. The van der Waals surface area contributed by atoms with E-state index in [4.69, 9.17) is 16.0 Å². The largest absolute Gasteiger partial charge is 0.449 e. The first-order valence-electron chi connectivity index (χ1n) is 5.11. The summed E-state index contributed by atoms with van der Waals surface area (Å²) in [6.45, 7) is 0. The van der Waals surface area contributed by atoms with Gasteiger partial charge in [-0.25, -0.2) is 0 Å². The maximum absolute atomic E-state index is 11.2. The summed E-state index contributed by atoms with van der Waals surface area (Å²) in [5, 5.41) is 0.903. The number of rotatable bonds is 3. The molecule has 1 aromatic rings. The molecule has 1 saturated carbocycles. The molecule has 15 heavy (non-hydrogen) atoms. The predicted octanol–water partition coefficient (Wildman–Crippen LogP) is 3.68. The van der Waals surface area contributed by atoms with Crippen LogP contribution in [0.5, 0.6) is 0 Å². The Hall–Kier alpha value is -0.410. The summed E-state index contributed by atoms with van der Waals surface area (Å²) < 4.78 is 5.26. The van der Waals surface area contributed by atoms with Crippen LogP contribution in [0.2, 0.25) is 5.22 Å². The second-order valence-electron chi connectivity index (χ2n) is 3.77. The molecule has 1 aliphatic rings. The highest BCUT2D eigenvalue weighted by Gasteiger charge is 2.19. The highest BCUT2D eigenvalue weighted by molar-refractivity contribution is 7.99. The number of ketones is 1. The van der Waals surface area contributed by atoms with Crippen molar-refractivity contribution in [2.75, 3.05) is 0 Å². The Morgan fingerprint density at radius 3 is 3.07 bits per heavy atom. The van der Waals surface area contributed by atoms with E-state index in [0.717, 1.165) is 37.2 Å². The number of carbonyl (C=O) groups excluding carboxylic acids is 1. The molecule has 0 aliphatic heterocycles. The van der Waals surface area contributed by atoms with Crippen molar-refractivity contribution in [1.29, 1.82) is 0 Å². The van der Waals surface area contributed by atoms with Crippen LogP contribution in [0.25, 0.3) is 0 Å². The van der Waals surface area contributed by atoms with Crippen molar-refractivity contribution in [3.8, 4) is 0 Å². The molecule has 1 aliphatic carbocycles. The van der Waals surface area contributed by atoms with Crippen LogP contribution in [-0.2, 0) is 10.5 Å². The first-order chi connectivity index (χ1) is 7.24. The second kappa shape index (κ2) is 5.08. The van der Waals surface area contributed by atoms with Crippen LogP contribution in [0.1, 0.15) is 31.4 Å². The molecule has 2 nitrogen and oxygen atoms in total. The van der Waals surface area contributed by atoms with E-state index in [0.29, 0.717) is 16.3 Å². The molecule has 0 spiro atoms. The quantitative estimate of drug-likeness (QED) is 0.813. The molecule has 1 aromatic heterocycles. The summed E-state index contributed by atoms with van der Waals surface area (Å²) in [5.41, 5.74) is 0. The van der Waals surface area contributed by atoms with Crippen molar-refractivity contribution < 1.29 is 9.21 Å². The Morgan fingerprint density at radius 1 is 1.53 bits per heavy atom. The molecule has 0 bridgehead atoms. The third-order valence-electron chi connectivity index (χ3n) is 2.53. The Bertz CT molecular complexity index is 348. The maximum Gasteiger partial charge on any atom is 0.193 e. The summed E-state index contributed by atoms with van der Waals surface area (Å²) >= 11 is 7.47. The van der Waals surface area contributed by atoms with Crippen LogP contribution in [0, 0.1) is 0 Å². The van der Waals surface area contributed by atoms with Gasteiger partial charge < -0.3 is 4.42 Å². The van der Waals surface area contributed by atoms with E-state index in [-0.39, 0.29) is 0 Å². The van der Waals surface area contributed by atoms with Crippen LogP contribution >= 0.6 is 23.4 Å². The van der Waals surface area contributed by atoms with E-state index in [1.54, 1.807) is 17.8 Å². The normalized spacial score (nSPS) is 21.9. The molecule has 4 heteroatoms. The maximum atomic E-state index is 11.2. The zero-order chi connectivity index (χ0) is 10.7. The van der Waals surface area contributed by atoms with Crippen LogP contribution in [0.15, 0.2) is 16.5 Å². The highest BCUT2D eigenvalue weighted by atomic mass is 35.5. The number of Topliss-reactive ketones (excluding diaryl/α,β-unsaturated/α-hetero) is 1. The van der Waals surface area contributed by atoms with Crippen molar-refractivity contribution in [2.24, 2.45) is 0 Å². The average molecular weight is 245 g/mol. The molecule has 0 radical (unpaired) electrons. The third kappa shape index (κ3) is 3.28. The van der Waals surface area contributed by atoms with Gasteiger partial charge in [0.1, 0.15) is 11.5 Å². The number of hydrogen-bond acceptors (Lipinski definition) is 3. The third-order valence-corrected chi connectivity index (χ3v) is 4.06. The van der Waals surface area contributed by atoms with Gasteiger partial charge in [-0.3, -0.25) is 4.79 Å². The minimum Gasteiger partial charge on any atom is -0.449 e. The Morgan fingerprint density at radius 2 is 2.40 bits per heavy atom. The van der Waals surface area contributed by atoms with Gasteiger partial charge in [0.25, 0.3) is 0 Å². The van der Waals surface area contributed by atoms with Crippen LogP contribution in [0.4, 0.5) is 0 Å². The van der Waals surface area contributed by atoms with Gasteiger partial charge >= 0.3 is 0 Å². The van der Waals surface area contributed by atoms with Crippen molar-refractivity contribution in [3.63, 3.8) is 0 Å². The average Bonchev–Trinajstić information content (AvgIpc) is 2.62. The smallest absolute Gasteiger partial charge is 0.193 e. The summed E-state index contributed by atoms with van der Waals surface area (Å²) in [4.78, 5) is 11.2. The van der Waals surface area contributed by atoms with Gasteiger partial charge in [0.2, 0.25) is 0 Å². The molecule has 1 fully saturated rings. The molecule has 0 saturated heterocycles. The summed E-state index contributed by atoms with van der Waals surface area (Å²) in [6, 6.07) is 3.64. The minimum absolute atomic E-state index is 0.399. The standard InChI is InChI=1S/C11H13ClO2S/c12-11-5-4-9(14-11)7-15-10-3-1-2-8(13)6-10/h4-5,10H,1-3,6-7H2. The van der Waals surface area contributed by atoms with Gasteiger partial charge in [-0.05, 0) is 36.6 Å². The summed E-state index contributed by atoms with van der Waals surface area (Å²) in [7, 11) is 0. The fraction of sp³-hybridized carbons (Fsp3) is 0.545. The SMILES string of the molecule is O=C1CCCC(SCc2ccc(Cl)o2)C1. The van der Waals surface area contributed by atoms with Crippen molar-refractivity contribution in [3.05, 3.63) is 23.1 Å². The van der Waals surface area contributed by atoms with Gasteiger partial charge in [0.15, 0.2) is 5.22 Å². The van der Waals surface area contributed by atoms with Gasteiger partial charge in [0, 0.05) is 18.1 Å². The number of carbonyl (C=O) groups is 1. The lowest BCUT2D eigenvalue weighted by Crippen LogP contribution is -2.16. The lowest BCUT2D eigenvalue weighted by molar-refractivity contribution is -0.120. The van der Waals surface area contributed by atoms with Gasteiger partial charge in [-0.1, -0.05) is 0 Å². The fourth-order valence-electron chi connectivity index (χ4n) is 1.76. The van der Waals surface area contributed by atoms with Crippen molar-refractivity contribution in [2.45, 2.75) is 36.7 Å². The molecule has 1 atom stereocenters. The lowest BCUT2D eigenvalue weighted by atomic mass is 9.99. The fourth-order valence-corrected chi connectivity index (χ4v) is 3.11. The molecule has 0 amide bonds. The van der Waals surface area contributed by atoms with Gasteiger partial charge in [-0.2, -0.15) is 11.8 Å². The monoisotopic (exact) mass is 244 g/mol. The summed E-state index contributed by atoms with van der Waals surface area (Å²) in [6.07, 6.45) is 3.67. The molecule has 82 valence electrons. The van der Waals surface area contributed by atoms with Crippen LogP contribution in [0.3, 0.4) is 0 Å². The van der Waals surface area contributed by atoms with E-state index in [1.807, 2.05) is 6.07 Å². The van der Waals surface area contributed by atoms with E-state index in [1.165, 1.54) is 0 Å². The molecule has 0 N–H and O–H groups in total. The van der Waals surface area contributed by atoms with Crippen LogP contribution in [-0.4, -0.2) is 11.0 Å². The first kappa shape index (κ1) is 11.1. The summed E-state index contributed by atoms with van der Waals surface area (Å²) in [5.74, 6) is 2.10. The van der Waals surface area contributed by atoms with E-state index in [9.17, 15) is 4.79 Å². The predicted molar refractivity (Wildman–Crippen MR) is 62.3 cm³/mol. The topological polar surface area (TPSA) is 30.2 Å². The Kier molecular flexibility index (Phi) is 3.76. The molecule has 1 heterocycles. The van der Waals surface area contributed by atoms with E-state index >= 15 is 0 Å². The van der Waals surface area contributed by atoms with Crippen LogP contribution < -0.4 is 0 Å². The van der Waals surface area contributed by atoms with E-state index in [2.05, 4.69) is 0 Å². The number of halogens is 1. The molecule has 1 unspecified atom stereocenters. The zero-order valence-corrected chi connectivity index (χ0v) is 9.94. The van der Waals surface area contributed by atoms with Crippen molar-refractivity contribution >= 4 is 29.1 Å². The molecular formula is C11H13ClO2S. The number of thioether (sulfide) groups is 1. The highest BCUT2D eigenvalue weighted by Crippen LogP contribution is 2.29. The second-order valence-corrected chi connectivity index (χ2v) is 5.44.